The maximum Gasteiger partial charge on any atom is 0.121 e. The Balaban J connectivity index is 2.79. The average Bonchev–Trinajstić information content (AvgIpc) is 2.41. The highest BCUT2D eigenvalue weighted by atomic mass is 16.5. The molecule has 19 heavy (non-hydrogen) atoms. The highest BCUT2D eigenvalue weighted by Gasteiger charge is 2.12. The number of hydrogen-bond acceptors (Lipinski definition) is 3. The van der Waals surface area contributed by atoms with Gasteiger partial charge in [0.25, 0.3) is 0 Å². The molecule has 1 aromatic carbocycles. The van der Waals surface area contributed by atoms with Crippen molar-refractivity contribution in [3.63, 3.8) is 0 Å². The molecular weight excluding hydrogens is 236 g/mol. The predicted molar refractivity (Wildman–Crippen MR) is 82.5 cm³/mol. The van der Waals surface area contributed by atoms with E-state index in [0.717, 1.165) is 24.5 Å². The van der Waals surface area contributed by atoms with Gasteiger partial charge in [0.15, 0.2) is 0 Å². The van der Waals surface area contributed by atoms with E-state index in [-0.39, 0.29) is 0 Å². The fraction of sp³-hybridized carbons (Fsp3) is 0.625. The second kappa shape index (κ2) is 8.05. The Morgan fingerprint density at radius 3 is 2.58 bits per heavy atom. The molecule has 0 spiro atoms. The van der Waals surface area contributed by atoms with E-state index >= 15 is 0 Å². The van der Waals surface area contributed by atoms with Crippen LogP contribution in [0.4, 0.5) is 5.69 Å². The van der Waals surface area contributed by atoms with Crippen LogP contribution in [0.1, 0.15) is 45.6 Å². The predicted octanol–water partition coefficient (Wildman–Crippen LogP) is 3.68. The molecule has 2 N–H and O–H groups in total. The molecule has 0 aromatic heterocycles. The SMILES string of the molecule is CCCCN(Cc1cc(N)cc(OC)c1)C(C)CC. The van der Waals surface area contributed by atoms with E-state index < -0.39 is 0 Å². The fourth-order valence-electron chi connectivity index (χ4n) is 2.20. The molecule has 0 amide bonds. The van der Waals surface area contributed by atoms with Crippen molar-refractivity contribution >= 4 is 5.69 Å². The number of benzene rings is 1. The van der Waals surface area contributed by atoms with Gasteiger partial charge in [0, 0.05) is 24.3 Å². The Hall–Kier alpha value is -1.22. The molecule has 0 aliphatic rings. The van der Waals surface area contributed by atoms with Crippen molar-refractivity contribution in [3.05, 3.63) is 23.8 Å². The Kier molecular flexibility index (Phi) is 6.71. The van der Waals surface area contributed by atoms with Crippen LogP contribution in [0.15, 0.2) is 18.2 Å². The van der Waals surface area contributed by atoms with Gasteiger partial charge in [-0.1, -0.05) is 20.3 Å². The van der Waals surface area contributed by atoms with Crippen LogP contribution in [0.3, 0.4) is 0 Å². The van der Waals surface area contributed by atoms with Crippen molar-refractivity contribution in [1.82, 2.24) is 4.90 Å². The summed E-state index contributed by atoms with van der Waals surface area (Å²) >= 11 is 0. The van der Waals surface area contributed by atoms with Crippen LogP contribution in [-0.4, -0.2) is 24.6 Å². The number of nitrogens with two attached hydrogens (primary N) is 1. The monoisotopic (exact) mass is 264 g/mol. The molecule has 1 unspecified atom stereocenters. The van der Waals surface area contributed by atoms with Gasteiger partial charge < -0.3 is 10.5 Å². The second-order valence-corrected chi connectivity index (χ2v) is 5.20. The summed E-state index contributed by atoms with van der Waals surface area (Å²) in [5, 5.41) is 0. The minimum atomic E-state index is 0.596. The van der Waals surface area contributed by atoms with Crippen LogP contribution in [0.2, 0.25) is 0 Å². The van der Waals surface area contributed by atoms with E-state index in [2.05, 4.69) is 31.7 Å². The summed E-state index contributed by atoms with van der Waals surface area (Å²) in [7, 11) is 1.68. The van der Waals surface area contributed by atoms with Crippen LogP contribution >= 0.6 is 0 Å². The standard InChI is InChI=1S/C16H28N2O/c1-5-7-8-18(13(3)6-2)12-14-9-15(17)11-16(10-14)19-4/h9-11,13H,5-8,12,17H2,1-4H3. The van der Waals surface area contributed by atoms with Crippen molar-refractivity contribution in [2.24, 2.45) is 0 Å². The minimum Gasteiger partial charge on any atom is -0.497 e. The van der Waals surface area contributed by atoms with Gasteiger partial charge in [0.1, 0.15) is 5.75 Å². The Morgan fingerprint density at radius 2 is 2.00 bits per heavy atom. The highest BCUT2D eigenvalue weighted by molar-refractivity contribution is 5.47. The lowest BCUT2D eigenvalue weighted by molar-refractivity contribution is 0.192. The van der Waals surface area contributed by atoms with Gasteiger partial charge in [0.05, 0.1) is 7.11 Å². The molecule has 0 saturated carbocycles. The quantitative estimate of drug-likeness (QED) is 0.728. The van der Waals surface area contributed by atoms with E-state index in [1.54, 1.807) is 7.11 Å². The maximum atomic E-state index is 5.92. The number of nitrogens with zero attached hydrogens (tertiary/aromatic N) is 1. The summed E-state index contributed by atoms with van der Waals surface area (Å²) in [6.07, 6.45) is 3.64. The molecule has 1 rings (SSSR count). The molecule has 0 radical (unpaired) electrons. The minimum absolute atomic E-state index is 0.596. The fourth-order valence-corrected chi connectivity index (χ4v) is 2.20. The first-order valence-electron chi connectivity index (χ1n) is 7.28. The number of ether oxygens (including phenoxy) is 1. The molecule has 3 heteroatoms. The zero-order valence-electron chi connectivity index (χ0n) is 12.8. The molecule has 0 bridgehead atoms. The average molecular weight is 264 g/mol. The molecule has 3 nitrogen and oxygen atoms in total. The zero-order chi connectivity index (χ0) is 14.3. The van der Waals surface area contributed by atoms with Gasteiger partial charge in [0.2, 0.25) is 0 Å². The van der Waals surface area contributed by atoms with Gasteiger partial charge in [-0.3, -0.25) is 4.90 Å². The highest BCUT2D eigenvalue weighted by Crippen LogP contribution is 2.21. The summed E-state index contributed by atoms with van der Waals surface area (Å²) < 4.78 is 5.29. The van der Waals surface area contributed by atoms with Crippen molar-refractivity contribution in [2.45, 2.75) is 52.6 Å². The second-order valence-electron chi connectivity index (χ2n) is 5.20. The number of anilines is 1. The topological polar surface area (TPSA) is 38.5 Å². The molecule has 0 fully saturated rings. The summed E-state index contributed by atoms with van der Waals surface area (Å²) in [6.45, 7) is 8.85. The van der Waals surface area contributed by atoms with Crippen LogP contribution in [-0.2, 0) is 6.54 Å². The first-order valence-corrected chi connectivity index (χ1v) is 7.28. The number of methoxy groups -OCH3 is 1. The van der Waals surface area contributed by atoms with Gasteiger partial charge >= 0.3 is 0 Å². The van der Waals surface area contributed by atoms with Gasteiger partial charge in [-0.2, -0.15) is 0 Å². The lowest BCUT2D eigenvalue weighted by Crippen LogP contribution is -2.33. The van der Waals surface area contributed by atoms with Crippen molar-refractivity contribution < 1.29 is 4.74 Å². The molecular formula is C16H28N2O. The lowest BCUT2D eigenvalue weighted by atomic mass is 10.1. The number of nitrogen functional groups attached to an aromatic ring is 1. The summed E-state index contributed by atoms with van der Waals surface area (Å²) in [4.78, 5) is 2.53. The van der Waals surface area contributed by atoms with E-state index in [4.69, 9.17) is 10.5 Å². The molecule has 0 aliphatic carbocycles. The van der Waals surface area contributed by atoms with E-state index in [9.17, 15) is 0 Å². The number of unbranched alkanes of at least 4 members (excludes halogenated alkanes) is 1. The van der Waals surface area contributed by atoms with Gasteiger partial charge in [-0.15, -0.1) is 0 Å². The van der Waals surface area contributed by atoms with Crippen LogP contribution in [0, 0.1) is 0 Å². The molecule has 108 valence electrons. The first kappa shape index (κ1) is 15.8. The van der Waals surface area contributed by atoms with Crippen molar-refractivity contribution in [2.75, 3.05) is 19.4 Å². The van der Waals surface area contributed by atoms with Gasteiger partial charge in [-0.25, -0.2) is 0 Å². The Morgan fingerprint density at radius 1 is 1.26 bits per heavy atom. The summed E-state index contributed by atoms with van der Waals surface area (Å²) in [5.74, 6) is 0.842. The number of hydrogen-bond donors (Lipinski definition) is 1. The third-order valence-corrected chi connectivity index (χ3v) is 3.62. The summed E-state index contributed by atoms with van der Waals surface area (Å²) in [5.41, 5.74) is 7.92. The number of rotatable bonds is 8. The molecule has 0 aliphatic heterocycles. The third kappa shape index (κ3) is 5.11. The molecule has 0 heterocycles. The lowest BCUT2D eigenvalue weighted by Gasteiger charge is -2.28. The smallest absolute Gasteiger partial charge is 0.121 e. The van der Waals surface area contributed by atoms with E-state index in [0.29, 0.717) is 6.04 Å². The van der Waals surface area contributed by atoms with E-state index in [1.165, 1.54) is 24.8 Å². The normalized spacial score (nSPS) is 12.7. The van der Waals surface area contributed by atoms with Crippen LogP contribution in [0.25, 0.3) is 0 Å². The van der Waals surface area contributed by atoms with E-state index in [1.807, 2.05) is 12.1 Å². The first-order chi connectivity index (χ1) is 9.10. The Bertz CT molecular complexity index is 379. The maximum absolute atomic E-state index is 5.92. The zero-order valence-corrected chi connectivity index (χ0v) is 12.8. The van der Waals surface area contributed by atoms with Crippen LogP contribution in [0.5, 0.6) is 5.75 Å². The molecule has 0 saturated heterocycles. The van der Waals surface area contributed by atoms with Gasteiger partial charge in [-0.05, 0) is 44.0 Å². The molecule has 1 aromatic rings. The molecule has 1 atom stereocenters. The summed E-state index contributed by atoms with van der Waals surface area (Å²) in [6, 6.07) is 6.59. The Labute approximate surface area is 117 Å². The van der Waals surface area contributed by atoms with Crippen LogP contribution < -0.4 is 10.5 Å². The largest absolute Gasteiger partial charge is 0.497 e. The third-order valence-electron chi connectivity index (χ3n) is 3.62. The van der Waals surface area contributed by atoms with Crippen molar-refractivity contribution in [1.29, 1.82) is 0 Å². The van der Waals surface area contributed by atoms with Crippen molar-refractivity contribution in [3.8, 4) is 5.75 Å².